The first-order valence-electron chi connectivity index (χ1n) is 4.90. The normalized spacial score (nSPS) is 13.1. The number of hydrogen-bond donors (Lipinski definition) is 1. The highest BCUT2D eigenvalue weighted by Crippen LogP contribution is 2.07. The molecule has 1 unspecified atom stereocenters. The second-order valence-electron chi connectivity index (χ2n) is 3.49. The van der Waals surface area contributed by atoms with Gasteiger partial charge in [0.1, 0.15) is 0 Å². The van der Waals surface area contributed by atoms with Crippen LogP contribution in [-0.2, 0) is 6.42 Å². The molecule has 0 saturated carbocycles. The summed E-state index contributed by atoms with van der Waals surface area (Å²) in [7, 11) is 0. The summed E-state index contributed by atoms with van der Waals surface area (Å²) < 4.78 is 0. The van der Waals surface area contributed by atoms with Crippen LogP contribution in [0.2, 0.25) is 0 Å². The first kappa shape index (κ1) is 10.7. The summed E-state index contributed by atoms with van der Waals surface area (Å²) in [6.07, 6.45) is 2.31. The lowest BCUT2D eigenvalue weighted by molar-refractivity contribution is 0.507. The lowest BCUT2D eigenvalue weighted by Gasteiger charge is -2.10. The van der Waals surface area contributed by atoms with Gasteiger partial charge in [0.05, 0.1) is 11.2 Å². The Kier molecular flexibility index (Phi) is 5.01. The van der Waals surface area contributed by atoms with Crippen LogP contribution in [0.15, 0.2) is 10.9 Å². The van der Waals surface area contributed by atoms with Gasteiger partial charge in [-0.1, -0.05) is 13.8 Å². The molecule has 1 atom stereocenters. The van der Waals surface area contributed by atoms with Crippen molar-refractivity contribution in [3.05, 3.63) is 16.6 Å². The van der Waals surface area contributed by atoms with E-state index >= 15 is 0 Å². The van der Waals surface area contributed by atoms with Crippen LogP contribution in [0.4, 0.5) is 0 Å². The highest BCUT2D eigenvalue weighted by molar-refractivity contribution is 7.07. The number of nitrogens with one attached hydrogen (secondary N) is 1. The molecule has 1 aromatic rings. The zero-order valence-electron chi connectivity index (χ0n) is 8.42. The van der Waals surface area contributed by atoms with Crippen LogP contribution in [0.1, 0.15) is 26.0 Å². The smallest absolute Gasteiger partial charge is 0.0794 e. The van der Waals surface area contributed by atoms with Crippen molar-refractivity contribution in [1.29, 1.82) is 0 Å². The average Bonchev–Trinajstić information content (AvgIpc) is 2.57. The fourth-order valence-electron chi connectivity index (χ4n) is 1.29. The average molecular weight is 198 g/mol. The van der Waals surface area contributed by atoms with Crippen LogP contribution in [0.5, 0.6) is 0 Å². The number of rotatable bonds is 6. The van der Waals surface area contributed by atoms with E-state index in [0.717, 1.165) is 19.5 Å². The predicted octanol–water partition coefficient (Wildman–Crippen LogP) is 2.32. The molecular formula is C10H18N2S. The largest absolute Gasteiger partial charge is 0.316 e. The van der Waals surface area contributed by atoms with Gasteiger partial charge in [-0.05, 0) is 31.8 Å². The fraction of sp³-hybridized carbons (Fsp3) is 0.700. The lowest BCUT2D eigenvalue weighted by atomic mass is 10.1. The molecule has 0 aliphatic rings. The topological polar surface area (TPSA) is 24.9 Å². The van der Waals surface area contributed by atoms with Crippen LogP contribution in [0.25, 0.3) is 0 Å². The highest BCUT2D eigenvalue weighted by atomic mass is 32.1. The summed E-state index contributed by atoms with van der Waals surface area (Å²) in [5.74, 6) is 0.689. The van der Waals surface area contributed by atoms with Gasteiger partial charge in [-0.25, -0.2) is 4.98 Å². The first-order chi connectivity index (χ1) is 6.33. The molecule has 0 aromatic carbocycles. The summed E-state index contributed by atoms with van der Waals surface area (Å²) >= 11 is 1.68. The summed E-state index contributed by atoms with van der Waals surface area (Å²) in [5.41, 5.74) is 3.14. The molecular weight excluding hydrogens is 180 g/mol. The van der Waals surface area contributed by atoms with E-state index in [0.29, 0.717) is 5.92 Å². The van der Waals surface area contributed by atoms with Crippen molar-refractivity contribution >= 4 is 11.3 Å². The Hall–Kier alpha value is -0.410. The van der Waals surface area contributed by atoms with Crippen LogP contribution in [-0.4, -0.2) is 18.1 Å². The third-order valence-electron chi connectivity index (χ3n) is 1.96. The van der Waals surface area contributed by atoms with Crippen molar-refractivity contribution in [3.63, 3.8) is 0 Å². The molecule has 0 aliphatic heterocycles. The molecule has 0 spiro atoms. The van der Waals surface area contributed by atoms with Gasteiger partial charge in [0.15, 0.2) is 0 Å². The van der Waals surface area contributed by atoms with Crippen LogP contribution < -0.4 is 5.32 Å². The number of nitrogens with zero attached hydrogens (tertiary/aromatic N) is 1. The van der Waals surface area contributed by atoms with E-state index < -0.39 is 0 Å². The monoisotopic (exact) mass is 198 g/mol. The molecule has 1 rings (SSSR count). The second kappa shape index (κ2) is 6.11. The predicted molar refractivity (Wildman–Crippen MR) is 58.1 cm³/mol. The third kappa shape index (κ3) is 4.39. The first-order valence-corrected chi connectivity index (χ1v) is 5.85. The van der Waals surface area contributed by atoms with Crippen molar-refractivity contribution in [2.45, 2.75) is 26.7 Å². The van der Waals surface area contributed by atoms with Crippen molar-refractivity contribution < 1.29 is 0 Å². The molecule has 0 fully saturated rings. The standard InChI is InChI=1S/C10H18N2S/c1-3-4-11-6-9(2)5-10-7-13-8-12-10/h7-9,11H,3-6H2,1-2H3. The maximum atomic E-state index is 4.28. The van der Waals surface area contributed by atoms with Gasteiger partial charge in [0.25, 0.3) is 0 Å². The molecule has 74 valence electrons. The van der Waals surface area contributed by atoms with Gasteiger partial charge in [-0.2, -0.15) is 0 Å². The maximum absolute atomic E-state index is 4.28. The van der Waals surface area contributed by atoms with E-state index in [2.05, 4.69) is 29.5 Å². The Morgan fingerprint density at radius 3 is 3.08 bits per heavy atom. The van der Waals surface area contributed by atoms with Crippen LogP contribution in [0, 0.1) is 5.92 Å². The molecule has 1 heterocycles. The fourth-order valence-corrected chi connectivity index (χ4v) is 1.86. The molecule has 2 nitrogen and oxygen atoms in total. The van der Waals surface area contributed by atoms with Crippen molar-refractivity contribution in [3.8, 4) is 0 Å². The van der Waals surface area contributed by atoms with E-state index in [9.17, 15) is 0 Å². The molecule has 1 N–H and O–H groups in total. The van der Waals surface area contributed by atoms with E-state index in [4.69, 9.17) is 0 Å². The second-order valence-corrected chi connectivity index (χ2v) is 4.21. The van der Waals surface area contributed by atoms with E-state index in [1.165, 1.54) is 12.1 Å². The lowest BCUT2D eigenvalue weighted by Crippen LogP contribution is -2.23. The Morgan fingerprint density at radius 2 is 2.46 bits per heavy atom. The maximum Gasteiger partial charge on any atom is 0.0794 e. The van der Waals surface area contributed by atoms with Crippen molar-refractivity contribution in [2.75, 3.05) is 13.1 Å². The zero-order chi connectivity index (χ0) is 9.52. The summed E-state index contributed by atoms with van der Waals surface area (Å²) in [5, 5.41) is 5.56. The molecule has 1 aromatic heterocycles. The molecule has 0 amide bonds. The summed E-state index contributed by atoms with van der Waals surface area (Å²) in [4.78, 5) is 4.28. The molecule has 0 saturated heterocycles. The van der Waals surface area contributed by atoms with E-state index in [1.54, 1.807) is 11.3 Å². The van der Waals surface area contributed by atoms with Crippen molar-refractivity contribution in [1.82, 2.24) is 10.3 Å². The Labute approximate surface area is 84.4 Å². The van der Waals surface area contributed by atoms with Crippen LogP contribution >= 0.6 is 11.3 Å². The highest BCUT2D eigenvalue weighted by Gasteiger charge is 2.03. The Balaban J connectivity index is 2.14. The molecule has 0 radical (unpaired) electrons. The quantitative estimate of drug-likeness (QED) is 0.710. The molecule has 3 heteroatoms. The van der Waals surface area contributed by atoms with Gasteiger partial charge >= 0.3 is 0 Å². The van der Waals surface area contributed by atoms with Gasteiger partial charge in [0.2, 0.25) is 0 Å². The minimum Gasteiger partial charge on any atom is -0.316 e. The number of hydrogen-bond acceptors (Lipinski definition) is 3. The van der Waals surface area contributed by atoms with Gasteiger partial charge < -0.3 is 5.32 Å². The van der Waals surface area contributed by atoms with Gasteiger partial charge in [-0.3, -0.25) is 0 Å². The van der Waals surface area contributed by atoms with Crippen molar-refractivity contribution in [2.24, 2.45) is 5.92 Å². The number of thiazole rings is 1. The molecule has 13 heavy (non-hydrogen) atoms. The van der Waals surface area contributed by atoms with E-state index in [-0.39, 0.29) is 0 Å². The van der Waals surface area contributed by atoms with E-state index in [1.807, 2.05) is 5.51 Å². The Bertz CT molecular complexity index is 209. The zero-order valence-corrected chi connectivity index (χ0v) is 9.23. The van der Waals surface area contributed by atoms with Gasteiger partial charge in [-0.15, -0.1) is 11.3 Å². The summed E-state index contributed by atoms with van der Waals surface area (Å²) in [6, 6.07) is 0. The van der Waals surface area contributed by atoms with Crippen LogP contribution in [0.3, 0.4) is 0 Å². The molecule has 0 bridgehead atoms. The number of aromatic nitrogens is 1. The SMILES string of the molecule is CCCNCC(C)Cc1cscn1. The third-order valence-corrected chi connectivity index (χ3v) is 2.60. The molecule has 0 aliphatic carbocycles. The minimum absolute atomic E-state index is 0.689. The Morgan fingerprint density at radius 1 is 1.62 bits per heavy atom. The van der Waals surface area contributed by atoms with Gasteiger partial charge in [0, 0.05) is 5.38 Å². The minimum atomic E-state index is 0.689. The summed E-state index contributed by atoms with van der Waals surface area (Å²) in [6.45, 7) is 6.69.